The summed E-state index contributed by atoms with van der Waals surface area (Å²) in [6, 6.07) is 10.6. The van der Waals surface area contributed by atoms with Crippen LogP contribution in [0, 0.1) is 0 Å². The molecule has 2 aliphatic heterocycles. The highest BCUT2D eigenvalue weighted by Crippen LogP contribution is 2.39. The van der Waals surface area contributed by atoms with E-state index in [1.807, 2.05) is 18.2 Å². The van der Waals surface area contributed by atoms with E-state index in [1.165, 1.54) is 12.8 Å². The van der Waals surface area contributed by atoms with E-state index in [-0.39, 0.29) is 12.1 Å². The van der Waals surface area contributed by atoms with Crippen LogP contribution in [0.2, 0.25) is 0 Å². The summed E-state index contributed by atoms with van der Waals surface area (Å²) < 4.78 is 11.6. The maximum atomic E-state index is 13.7. The van der Waals surface area contributed by atoms with Gasteiger partial charge in [0, 0.05) is 19.8 Å². The molecule has 1 amide bonds. The van der Waals surface area contributed by atoms with Crippen molar-refractivity contribution in [2.75, 3.05) is 26.4 Å². The molecule has 0 radical (unpaired) electrons. The summed E-state index contributed by atoms with van der Waals surface area (Å²) in [5.41, 5.74) is 0.732. The standard InChI is InChI=1S/C20H27NO3/c22-19(21-12-15-24-18-9-5-4-8-17(18)21)20(10-13-23-14-11-20)16-6-2-1-3-7-16/h1-3,6-7,17-18H,4-5,8-15H2/t17-,18-/m1/s1. The molecule has 1 aliphatic carbocycles. The molecule has 2 saturated heterocycles. The molecule has 0 unspecified atom stereocenters. The van der Waals surface area contributed by atoms with Crippen LogP contribution >= 0.6 is 0 Å². The topological polar surface area (TPSA) is 38.8 Å². The van der Waals surface area contributed by atoms with Crippen LogP contribution in [0.1, 0.15) is 44.1 Å². The lowest BCUT2D eigenvalue weighted by atomic mass is 9.72. The monoisotopic (exact) mass is 329 g/mol. The highest BCUT2D eigenvalue weighted by atomic mass is 16.5. The Balaban J connectivity index is 1.66. The Morgan fingerprint density at radius 3 is 2.58 bits per heavy atom. The van der Waals surface area contributed by atoms with E-state index in [0.717, 1.165) is 37.8 Å². The first kappa shape index (κ1) is 16.1. The van der Waals surface area contributed by atoms with E-state index in [2.05, 4.69) is 17.0 Å². The zero-order chi connectivity index (χ0) is 16.4. The predicted molar refractivity (Wildman–Crippen MR) is 91.9 cm³/mol. The number of fused-ring (bicyclic) bond motifs is 1. The molecule has 2 heterocycles. The van der Waals surface area contributed by atoms with Gasteiger partial charge in [-0.05, 0) is 31.2 Å². The Labute approximate surface area is 144 Å². The summed E-state index contributed by atoms with van der Waals surface area (Å²) in [4.78, 5) is 15.9. The third-order valence-electron chi connectivity index (χ3n) is 6.08. The first-order valence-electron chi connectivity index (χ1n) is 9.37. The Bertz CT molecular complexity index is 566. The molecular formula is C20H27NO3. The van der Waals surface area contributed by atoms with Crippen LogP contribution in [0.15, 0.2) is 30.3 Å². The molecule has 4 rings (SSSR count). The molecule has 0 spiro atoms. The third-order valence-corrected chi connectivity index (χ3v) is 6.08. The fraction of sp³-hybridized carbons (Fsp3) is 0.650. The Morgan fingerprint density at radius 2 is 1.79 bits per heavy atom. The van der Waals surface area contributed by atoms with Crippen molar-refractivity contribution >= 4 is 5.91 Å². The summed E-state index contributed by atoms with van der Waals surface area (Å²) >= 11 is 0. The van der Waals surface area contributed by atoms with E-state index in [0.29, 0.717) is 25.7 Å². The van der Waals surface area contributed by atoms with Gasteiger partial charge >= 0.3 is 0 Å². The minimum atomic E-state index is -0.418. The number of carbonyl (C=O) groups is 1. The number of hydrogen-bond donors (Lipinski definition) is 0. The van der Waals surface area contributed by atoms with E-state index in [1.54, 1.807) is 0 Å². The van der Waals surface area contributed by atoms with Crippen molar-refractivity contribution in [1.29, 1.82) is 0 Å². The summed E-state index contributed by atoms with van der Waals surface area (Å²) in [7, 11) is 0. The Morgan fingerprint density at radius 1 is 1.04 bits per heavy atom. The van der Waals surface area contributed by atoms with Crippen molar-refractivity contribution in [2.24, 2.45) is 0 Å². The SMILES string of the molecule is O=C(N1CCO[C@@H]2CCCC[C@H]21)C1(c2ccccc2)CCOCC1. The molecule has 130 valence electrons. The molecule has 1 aromatic carbocycles. The van der Waals surface area contributed by atoms with Gasteiger partial charge in [-0.15, -0.1) is 0 Å². The van der Waals surface area contributed by atoms with Gasteiger partial charge in [0.2, 0.25) is 5.91 Å². The average molecular weight is 329 g/mol. The van der Waals surface area contributed by atoms with Gasteiger partial charge in [-0.2, -0.15) is 0 Å². The summed E-state index contributed by atoms with van der Waals surface area (Å²) in [5.74, 6) is 0.303. The molecule has 4 heteroatoms. The van der Waals surface area contributed by atoms with Crippen LogP contribution in [0.5, 0.6) is 0 Å². The van der Waals surface area contributed by atoms with Gasteiger partial charge < -0.3 is 14.4 Å². The maximum Gasteiger partial charge on any atom is 0.233 e. The van der Waals surface area contributed by atoms with E-state index in [9.17, 15) is 4.79 Å². The molecule has 3 aliphatic rings. The number of hydrogen-bond acceptors (Lipinski definition) is 3. The second kappa shape index (κ2) is 6.85. The number of nitrogens with zero attached hydrogens (tertiary/aromatic N) is 1. The van der Waals surface area contributed by atoms with Crippen LogP contribution in [-0.2, 0) is 19.7 Å². The molecule has 0 N–H and O–H groups in total. The van der Waals surface area contributed by atoms with E-state index >= 15 is 0 Å². The number of carbonyl (C=O) groups excluding carboxylic acids is 1. The zero-order valence-electron chi connectivity index (χ0n) is 14.3. The second-order valence-corrected chi connectivity index (χ2v) is 7.32. The van der Waals surface area contributed by atoms with Crippen molar-refractivity contribution < 1.29 is 14.3 Å². The van der Waals surface area contributed by atoms with Crippen LogP contribution in [0.25, 0.3) is 0 Å². The number of rotatable bonds is 2. The smallest absolute Gasteiger partial charge is 0.233 e. The van der Waals surface area contributed by atoms with Crippen LogP contribution in [0.4, 0.5) is 0 Å². The third kappa shape index (κ3) is 2.76. The van der Waals surface area contributed by atoms with Crippen molar-refractivity contribution in [3.8, 4) is 0 Å². The lowest BCUT2D eigenvalue weighted by Crippen LogP contribution is -2.60. The van der Waals surface area contributed by atoms with Gasteiger partial charge in [0.15, 0.2) is 0 Å². The van der Waals surface area contributed by atoms with Gasteiger partial charge in [0.1, 0.15) is 0 Å². The molecule has 3 fully saturated rings. The summed E-state index contributed by atoms with van der Waals surface area (Å²) in [5, 5.41) is 0. The average Bonchev–Trinajstić information content (AvgIpc) is 2.68. The quantitative estimate of drug-likeness (QED) is 0.837. The minimum absolute atomic E-state index is 0.240. The number of amides is 1. The Hall–Kier alpha value is -1.39. The van der Waals surface area contributed by atoms with Crippen molar-refractivity contribution in [2.45, 2.75) is 56.1 Å². The first-order valence-corrected chi connectivity index (χ1v) is 9.37. The molecule has 0 bridgehead atoms. The zero-order valence-corrected chi connectivity index (χ0v) is 14.3. The van der Waals surface area contributed by atoms with Gasteiger partial charge in [-0.3, -0.25) is 4.79 Å². The van der Waals surface area contributed by atoms with Gasteiger partial charge in [-0.1, -0.05) is 43.2 Å². The normalized spacial score (nSPS) is 29.8. The molecule has 24 heavy (non-hydrogen) atoms. The molecule has 0 aromatic heterocycles. The minimum Gasteiger partial charge on any atom is -0.381 e. The number of morpholine rings is 1. The fourth-order valence-electron chi connectivity index (χ4n) is 4.73. The molecule has 1 saturated carbocycles. The second-order valence-electron chi connectivity index (χ2n) is 7.32. The maximum absolute atomic E-state index is 13.7. The summed E-state index contributed by atoms with van der Waals surface area (Å²) in [6.07, 6.45) is 6.41. The Kier molecular flexibility index (Phi) is 4.59. The first-order chi connectivity index (χ1) is 11.8. The lowest BCUT2D eigenvalue weighted by Gasteiger charge is -2.48. The van der Waals surface area contributed by atoms with Crippen molar-refractivity contribution in [3.05, 3.63) is 35.9 Å². The molecule has 1 aromatic rings. The molecular weight excluding hydrogens is 302 g/mol. The van der Waals surface area contributed by atoms with E-state index < -0.39 is 5.41 Å². The van der Waals surface area contributed by atoms with Crippen molar-refractivity contribution in [3.63, 3.8) is 0 Å². The molecule has 2 atom stereocenters. The van der Waals surface area contributed by atoms with Crippen LogP contribution in [-0.4, -0.2) is 49.3 Å². The van der Waals surface area contributed by atoms with Crippen LogP contribution in [0.3, 0.4) is 0 Å². The number of benzene rings is 1. The lowest BCUT2D eigenvalue weighted by molar-refractivity contribution is -0.159. The molecule has 4 nitrogen and oxygen atoms in total. The predicted octanol–water partition coefficient (Wildman–Crippen LogP) is 2.90. The number of ether oxygens (including phenoxy) is 2. The van der Waals surface area contributed by atoms with Gasteiger partial charge in [0.25, 0.3) is 0 Å². The fourth-order valence-corrected chi connectivity index (χ4v) is 4.73. The van der Waals surface area contributed by atoms with E-state index in [4.69, 9.17) is 9.47 Å². The van der Waals surface area contributed by atoms with Gasteiger partial charge in [0.05, 0.1) is 24.2 Å². The van der Waals surface area contributed by atoms with Gasteiger partial charge in [-0.25, -0.2) is 0 Å². The largest absolute Gasteiger partial charge is 0.381 e. The van der Waals surface area contributed by atoms with Crippen LogP contribution < -0.4 is 0 Å². The van der Waals surface area contributed by atoms with Crippen molar-refractivity contribution in [1.82, 2.24) is 4.90 Å². The summed E-state index contributed by atoms with van der Waals surface area (Å²) in [6.45, 7) is 2.74. The highest BCUT2D eigenvalue weighted by molar-refractivity contribution is 5.89. The highest BCUT2D eigenvalue weighted by Gasteiger charge is 2.47.